The van der Waals surface area contributed by atoms with Crippen LogP contribution in [0.25, 0.3) is 0 Å². The monoisotopic (exact) mass is 322 g/mol. The summed E-state index contributed by atoms with van der Waals surface area (Å²) < 4.78 is 9.30. The molecule has 0 aliphatic rings. The molecule has 126 valence electrons. The number of rotatable bonds is 7. The van der Waals surface area contributed by atoms with E-state index in [1.807, 2.05) is 19.9 Å². The number of hydrogen-bond acceptors (Lipinski definition) is 6. The molecular formula is C16H22N2O5. The molecule has 0 aromatic heterocycles. The highest BCUT2D eigenvalue weighted by Gasteiger charge is 2.24. The van der Waals surface area contributed by atoms with E-state index in [9.17, 15) is 14.4 Å². The smallest absolute Gasteiger partial charge is 0.429 e. The van der Waals surface area contributed by atoms with Crippen LogP contribution in [0.5, 0.6) is 0 Å². The van der Waals surface area contributed by atoms with E-state index in [1.165, 1.54) is 0 Å². The largest absolute Gasteiger partial charge is 0.516 e. The van der Waals surface area contributed by atoms with E-state index in [2.05, 4.69) is 4.74 Å². The summed E-state index contributed by atoms with van der Waals surface area (Å²) in [5, 5.41) is 0. The molecule has 0 spiro atoms. The van der Waals surface area contributed by atoms with Gasteiger partial charge >= 0.3 is 12.1 Å². The van der Waals surface area contributed by atoms with Crippen molar-refractivity contribution in [2.45, 2.75) is 32.9 Å². The van der Waals surface area contributed by atoms with Crippen LogP contribution >= 0.6 is 0 Å². The number of carbonyl (C=O) groups is 3. The lowest BCUT2D eigenvalue weighted by atomic mass is 10.2. The average molecular weight is 322 g/mol. The lowest BCUT2D eigenvalue weighted by Crippen LogP contribution is -2.40. The minimum Gasteiger partial charge on any atom is -0.429 e. The van der Waals surface area contributed by atoms with Crippen LogP contribution < -0.4 is 5.73 Å². The Balaban J connectivity index is 2.39. The van der Waals surface area contributed by atoms with E-state index in [4.69, 9.17) is 10.5 Å². The van der Waals surface area contributed by atoms with Crippen molar-refractivity contribution in [2.24, 2.45) is 5.73 Å². The predicted octanol–water partition coefficient (Wildman–Crippen LogP) is 1.45. The fourth-order valence-electron chi connectivity index (χ4n) is 1.88. The standard InChI is InChI=1S/C16H22N2O5/c1-3-18(4-2)14(19)10-13(17)15(20)23-16(21)22-11-12-8-6-5-7-9-12/h5-9,13H,3-4,10-11,17H2,1-2H3/t13-/m0/s1. The van der Waals surface area contributed by atoms with Crippen LogP contribution in [0.4, 0.5) is 4.79 Å². The van der Waals surface area contributed by atoms with E-state index >= 15 is 0 Å². The van der Waals surface area contributed by atoms with Crippen LogP contribution in [-0.2, 0) is 25.7 Å². The normalized spacial score (nSPS) is 11.4. The Morgan fingerprint density at radius 1 is 1.13 bits per heavy atom. The quantitative estimate of drug-likeness (QED) is 0.602. The molecule has 7 nitrogen and oxygen atoms in total. The Morgan fingerprint density at radius 2 is 1.74 bits per heavy atom. The highest BCUT2D eigenvalue weighted by molar-refractivity contribution is 5.89. The van der Waals surface area contributed by atoms with Crippen LogP contribution in [0.2, 0.25) is 0 Å². The van der Waals surface area contributed by atoms with E-state index in [-0.39, 0.29) is 18.9 Å². The number of amides is 1. The summed E-state index contributed by atoms with van der Waals surface area (Å²) in [5.41, 5.74) is 6.35. The lowest BCUT2D eigenvalue weighted by Gasteiger charge is -2.20. The van der Waals surface area contributed by atoms with Gasteiger partial charge in [-0.15, -0.1) is 0 Å². The third-order valence-electron chi connectivity index (χ3n) is 3.20. The summed E-state index contributed by atoms with van der Waals surface area (Å²) in [7, 11) is 0. The summed E-state index contributed by atoms with van der Waals surface area (Å²) in [6.07, 6.45) is -1.35. The summed E-state index contributed by atoms with van der Waals surface area (Å²) >= 11 is 0. The molecule has 1 aromatic carbocycles. The molecule has 0 aliphatic heterocycles. The van der Waals surface area contributed by atoms with Crippen molar-refractivity contribution in [2.75, 3.05) is 13.1 Å². The van der Waals surface area contributed by atoms with Gasteiger partial charge in [-0.05, 0) is 19.4 Å². The SMILES string of the molecule is CCN(CC)C(=O)C[C@H](N)C(=O)OC(=O)OCc1ccccc1. The second kappa shape index (κ2) is 9.58. The number of benzene rings is 1. The Morgan fingerprint density at radius 3 is 2.30 bits per heavy atom. The molecule has 2 N–H and O–H groups in total. The zero-order chi connectivity index (χ0) is 17.2. The Labute approximate surface area is 135 Å². The van der Waals surface area contributed by atoms with Crippen molar-refractivity contribution in [3.05, 3.63) is 35.9 Å². The molecule has 0 radical (unpaired) electrons. The van der Waals surface area contributed by atoms with Gasteiger partial charge in [-0.1, -0.05) is 30.3 Å². The van der Waals surface area contributed by atoms with Gasteiger partial charge in [0.05, 0.1) is 6.42 Å². The van der Waals surface area contributed by atoms with Crippen molar-refractivity contribution in [3.8, 4) is 0 Å². The highest BCUT2D eigenvalue weighted by Crippen LogP contribution is 2.03. The van der Waals surface area contributed by atoms with Gasteiger partial charge in [0.15, 0.2) is 0 Å². The minimum atomic E-state index is -1.20. The lowest BCUT2D eigenvalue weighted by molar-refractivity contribution is -0.144. The van der Waals surface area contributed by atoms with Gasteiger partial charge in [-0.2, -0.15) is 0 Å². The van der Waals surface area contributed by atoms with E-state index in [0.717, 1.165) is 5.56 Å². The second-order valence-electron chi connectivity index (χ2n) is 4.82. The fraction of sp³-hybridized carbons (Fsp3) is 0.438. The molecule has 0 saturated carbocycles. The van der Waals surface area contributed by atoms with Gasteiger partial charge in [0, 0.05) is 13.1 Å². The van der Waals surface area contributed by atoms with Crippen molar-refractivity contribution in [3.63, 3.8) is 0 Å². The van der Waals surface area contributed by atoms with Gasteiger partial charge in [-0.25, -0.2) is 9.59 Å². The van der Waals surface area contributed by atoms with Gasteiger partial charge in [0.1, 0.15) is 12.6 Å². The van der Waals surface area contributed by atoms with Crippen LogP contribution in [0.15, 0.2) is 30.3 Å². The predicted molar refractivity (Wildman–Crippen MR) is 83.2 cm³/mol. The first-order chi connectivity index (χ1) is 11.0. The molecule has 0 unspecified atom stereocenters. The molecule has 23 heavy (non-hydrogen) atoms. The molecule has 7 heteroatoms. The minimum absolute atomic E-state index is 0.0133. The van der Waals surface area contributed by atoms with Gasteiger partial charge in [0.25, 0.3) is 0 Å². The summed E-state index contributed by atoms with van der Waals surface area (Å²) in [4.78, 5) is 36.5. The van der Waals surface area contributed by atoms with Crippen molar-refractivity contribution in [1.29, 1.82) is 0 Å². The first-order valence-electron chi connectivity index (χ1n) is 7.43. The second-order valence-corrected chi connectivity index (χ2v) is 4.82. The average Bonchev–Trinajstić information content (AvgIpc) is 2.55. The van der Waals surface area contributed by atoms with Gasteiger partial charge in [-0.3, -0.25) is 4.79 Å². The van der Waals surface area contributed by atoms with E-state index < -0.39 is 18.2 Å². The third-order valence-corrected chi connectivity index (χ3v) is 3.20. The number of hydrogen-bond donors (Lipinski definition) is 1. The number of nitrogens with zero attached hydrogens (tertiary/aromatic N) is 1. The maximum Gasteiger partial charge on any atom is 0.516 e. The fourth-order valence-corrected chi connectivity index (χ4v) is 1.88. The highest BCUT2D eigenvalue weighted by atomic mass is 16.7. The topological polar surface area (TPSA) is 98.9 Å². The molecular weight excluding hydrogens is 300 g/mol. The van der Waals surface area contributed by atoms with E-state index in [1.54, 1.807) is 29.2 Å². The van der Waals surface area contributed by atoms with Crippen molar-refractivity contribution >= 4 is 18.0 Å². The third kappa shape index (κ3) is 6.48. The maximum atomic E-state index is 11.8. The molecule has 0 aliphatic carbocycles. The van der Waals surface area contributed by atoms with Crippen LogP contribution in [-0.4, -0.2) is 42.1 Å². The Kier molecular flexibility index (Phi) is 7.76. The number of esters is 1. The molecule has 0 bridgehead atoms. The van der Waals surface area contributed by atoms with Crippen LogP contribution in [0.1, 0.15) is 25.8 Å². The molecule has 1 amide bonds. The molecule has 1 atom stereocenters. The van der Waals surface area contributed by atoms with Crippen molar-refractivity contribution in [1.82, 2.24) is 4.90 Å². The van der Waals surface area contributed by atoms with Crippen molar-refractivity contribution < 1.29 is 23.9 Å². The van der Waals surface area contributed by atoms with Gasteiger partial charge in [0.2, 0.25) is 5.91 Å². The van der Waals surface area contributed by atoms with Crippen LogP contribution in [0, 0.1) is 0 Å². The molecule has 0 saturated heterocycles. The summed E-state index contributed by atoms with van der Waals surface area (Å²) in [6, 6.07) is 7.76. The van der Waals surface area contributed by atoms with Crippen LogP contribution in [0.3, 0.4) is 0 Å². The molecule has 1 aromatic rings. The van der Waals surface area contributed by atoms with E-state index in [0.29, 0.717) is 13.1 Å². The zero-order valence-corrected chi connectivity index (χ0v) is 13.4. The Bertz CT molecular complexity index is 529. The first kappa shape index (κ1) is 18.6. The Hall–Kier alpha value is -2.41. The maximum absolute atomic E-state index is 11.8. The molecule has 0 heterocycles. The number of nitrogens with two attached hydrogens (primary N) is 1. The van der Waals surface area contributed by atoms with Gasteiger partial charge < -0.3 is 20.1 Å². The number of carbonyl (C=O) groups excluding carboxylic acids is 3. The molecule has 1 rings (SSSR count). The zero-order valence-electron chi connectivity index (χ0n) is 13.4. The number of ether oxygens (including phenoxy) is 2. The molecule has 0 fully saturated rings. The first-order valence-corrected chi connectivity index (χ1v) is 7.43. The summed E-state index contributed by atoms with van der Waals surface area (Å²) in [5.74, 6) is -1.25. The summed E-state index contributed by atoms with van der Waals surface area (Å²) in [6.45, 7) is 4.69.